The van der Waals surface area contributed by atoms with E-state index in [-0.39, 0.29) is 24.1 Å². The molecule has 2 N–H and O–H groups in total. The second-order valence-electron chi connectivity index (χ2n) is 9.11. The Labute approximate surface area is 231 Å². The predicted octanol–water partition coefficient (Wildman–Crippen LogP) is 5.81. The topological polar surface area (TPSA) is 114 Å². The van der Waals surface area contributed by atoms with Crippen LogP contribution in [0.2, 0.25) is 0 Å². The number of nitro benzene ring substituents is 1. The van der Waals surface area contributed by atoms with Crippen molar-refractivity contribution in [2.24, 2.45) is 0 Å². The lowest BCUT2D eigenvalue weighted by atomic mass is 10.0. The zero-order valence-electron chi connectivity index (χ0n) is 21.2. The fraction of sp³-hybridized carbons (Fsp3) is 0.207. The van der Waals surface area contributed by atoms with Gasteiger partial charge < -0.3 is 20.0 Å². The lowest BCUT2D eigenvalue weighted by Gasteiger charge is -2.26. The maximum Gasteiger partial charge on any atom is 0.280 e. The lowest BCUT2D eigenvalue weighted by molar-refractivity contribution is -0.384. The number of hydrogen-bond acceptors (Lipinski definition) is 6. The number of carbonyl (C=O) groups is 1. The number of pyridine rings is 1. The first-order valence-corrected chi connectivity index (χ1v) is 13.1. The van der Waals surface area contributed by atoms with Gasteiger partial charge in [0.05, 0.1) is 22.2 Å². The van der Waals surface area contributed by atoms with Crippen LogP contribution in [-0.2, 0) is 11.2 Å². The summed E-state index contributed by atoms with van der Waals surface area (Å²) in [5, 5.41) is 18.4. The number of rotatable bonds is 9. The van der Waals surface area contributed by atoms with Gasteiger partial charge in [-0.1, -0.05) is 43.3 Å². The van der Waals surface area contributed by atoms with Crippen LogP contribution in [0.15, 0.2) is 89.5 Å². The zero-order chi connectivity index (χ0) is 27.4. The van der Waals surface area contributed by atoms with E-state index in [1.54, 1.807) is 36.5 Å². The highest BCUT2D eigenvalue weighted by atomic mass is 32.1. The summed E-state index contributed by atoms with van der Waals surface area (Å²) < 4.78 is 6.23. The van der Waals surface area contributed by atoms with Crippen molar-refractivity contribution in [3.05, 3.63) is 112 Å². The minimum atomic E-state index is -0.428. The number of nitrogens with one attached hydrogen (secondary N) is 2. The van der Waals surface area contributed by atoms with Gasteiger partial charge in [0.25, 0.3) is 5.69 Å². The van der Waals surface area contributed by atoms with Gasteiger partial charge in [0.2, 0.25) is 5.91 Å². The summed E-state index contributed by atoms with van der Waals surface area (Å²) in [5.41, 5.74) is 2.97. The van der Waals surface area contributed by atoms with Crippen LogP contribution >= 0.6 is 12.2 Å². The van der Waals surface area contributed by atoms with Gasteiger partial charge in [-0.2, -0.15) is 0 Å². The van der Waals surface area contributed by atoms with Crippen LogP contribution in [0, 0.1) is 10.1 Å². The van der Waals surface area contributed by atoms with E-state index in [0.717, 1.165) is 23.4 Å². The number of anilines is 1. The molecule has 1 fully saturated rings. The van der Waals surface area contributed by atoms with Gasteiger partial charge in [-0.15, -0.1) is 0 Å². The van der Waals surface area contributed by atoms with E-state index in [4.69, 9.17) is 16.6 Å². The molecule has 0 spiro atoms. The van der Waals surface area contributed by atoms with Crippen LogP contribution in [0.5, 0.6) is 0 Å². The third-order valence-corrected chi connectivity index (χ3v) is 7.09. The number of hydrogen-bond donors (Lipinski definition) is 2. The number of furan rings is 1. The van der Waals surface area contributed by atoms with E-state index < -0.39 is 11.0 Å². The molecular formula is C29H27N5O4S. The Morgan fingerprint density at radius 3 is 2.64 bits per heavy atom. The molecular weight excluding hydrogens is 514 g/mol. The molecule has 10 heteroatoms. The van der Waals surface area contributed by atoms with Gasteiger partial charge in [-0.3, -0.25) is 19.9 Å². The summed E-state index contributed by atoms with van der Waals surface area (Å²) in [6, 6.07) is 22.6. The normalized spacial score (nSPS) is 16.6. The maximum atomic E-state index is 12.9. The van der Waals surface area contributed by atoms with E-state index in [2.05, 4.69) is 15.6 Å². The van der Waals surface area contributed by atoms with Gasteiger partial charge in [-0.05, 0) is 60.6 Å². The molecule has 1 amide bonds. The minimum absolute atomic E-state index is 0.0411. The van der Waals surface area contributed by atoms with Crippen molar-refractivity contribution < 1.29 is 14.1 Å². The third-order valence-electron chi connectivity index (χ3n) is 6.73. The molecule has 0 bridgehead atoms. The Hall–Kier alpha value is -4.57. The summed E-state index contributed by atoms with van der Waals surface area (Å²) in [4.78, 5) is 30.5. The molecule has 1 aliphatic rings. The first-order chi connectivity index (χ1) is 19.0. The molecule has 0 saturated carbocycles. The van der Waals surface area contributed by atoms with Gasteiger partial charge in [-0.25, -0.2) is 0 Å². The molecule has 9 nitrogen and oxygen atoms in total. The minimum Gasteiger partial charge on any atom is -0.459 e. The van der Waals surface area contributed by atoms with E-state index in [1.165, 1.54) is 6.07 Å². The highest BCUT2D eigenvalue weighted by molar-refractivity contribution is 7.80. The molecule has 2 atom stereocenters. The molecule has 2 aromatic carbocycles. The number of aromatic nitrogens is 1. The second-order valence-corrected chi connectivity index (χ2v) is 9.49. The number of thiocarbonyl (C=S) groups is 1. The van der Waals surface area contributed by atoms with Crippen LogP contribution < -0.4 is 10.6 Å². The standard InChI is InChI=1S/C29H27N5O4S/c1-2-19-9-3-5-11-21(19)31-26(35)16-18-33-28(27(32-29(33)39)22-12-7-8-17-30-22)25-15-14-24(38-25)20-10-4-6-13-23(20)34(36)37/h3-15,17,27-28H,2,16,18H2,1H3,(H,31,35)(H,32,39)/t27-,28-/m1/s1. The molecule has 4 aromatic rings. The molecule has 2 aromatic heterocycles. The highest BCUT2D eigenvalue weighted by Crippen LogP contribution is 2.41. The summed E-state index contributed by atoms with van der Waals surface area (Å²) in [5.74, 6) is 0.811. The monoisotopic (exact) mass is 541 g/mol. The van der Waals surface area contributed by atoms with Crippen molar-refractivity contribution in [3.8, 4) is 11.3 Å². The second kappa shape index (κ2) is 11.4. The molecule has 198 valence electrons. The highest BCUT2D eigenvalue weighted by Gasteiger charge is 2.41. The Morgan fingerprint density at radius 1 is 1.10 bits per heavy atom. The average Bonchev–Trinajstić information content (AvgIpc) is 3.57. The Balaban J connectivity index is 1.42. The summed E-state index contributed by atoms with van der Waals surface area (Å²) in [6.45, 7) is 2.38. The van der Waals surface area contributed by atoms with E-state index in [1.807, 2.05) is 54.3 Å². The Morgan fingerprint density at radius 2 is 1.87 bits per heavy atom. The fourth-order valence-electron chi connectivity index (χ4n) is 4.84. The van der Waals surface area contributed by atoms with Crippen LogP contribution in [-0.4, -0.2) is 32.4 Å². The van der Waals surface area contributed by atoms with Crippen LogP contribution in [0.1, 0.15) is 42.4 Å². The van der Waals surface area contributed by atoms with Crippen molar-refractivity contribution in [1.29, 1.82) is 0 Å². The number of amides is 1. The van der Waals surface area contributed by atoms with Crippen molar-refractivity contribution in [1.82, 2.24) is 15.2 Å². The van der Waals surface area contributed by atoms with Gasteiger partial charge in [0.15, 0.2) is 5.11 Å². The number of aryl methyl sites for hydroxylation is 1. The van der Waals surface area contributed by atoms with E-state index in [9.17, 15) is 14.9 Å². The van der Waals surface area contributed by atoms with Gasteiger partial charge in [0.1, 0.15) is 17.6 Å². The molecule has 0 unspecified atom stereocenters. The van der Waals surface area contributed by atoms with Crippen LogP contribution in [0.3, 0.4) is 0 Å². The van der Waals surface area contributed by atoms with Gasteiger partial charge in [0, 0.05) is 30.9 Å². The number of para-hydroxylation sites is 2. The van der Waals surface area contributed by atoms with Crippen molar-refractivity contribution in [2.45, 2.75) is 31.8 Å². The SMILES string of the molecule is CCc1ccccc1NC(=O)CCN1C(=S)N[C@H](c2ccccn2)[C@H]1c1ccc(-c2ccccc2[N+](=O)[O-])o1. The molecule has 5 rings (SSSR count). The number of benzene rings is 2. The van der Waals surface area contributed by atoms with Crippen LogP contribution in [0.25, 0.3) is 11.3 Å². The van der Waals surface area contributed by atoms with E-state index in [0.29, 0.717) is 28.7 Å². The zero-order valence-corrected chi connectivity index (χ0v) is 22.1. The molecule has 3 heterocycles. The number of nitrogens with zero attached hydrogens (tertiary/aromatic N) is 3. The summed E-state index contributed by atoms with van der Waals surface area (Å²) in [6.07, 6.45) is 2.72. The largest absolute Gasteiger partial charge is 0.459 e. The molecule has 1 saturated heterocycles. The smallest absolute Gasteiger partial charge is 0.280 e. The quantitative estimate of drug-likeness (QED) is 0.155. The molecule has 0 radical (unpaired) electrons. The molecule has 0 aliphatic carbocycles. The fourth-order valence-corrected chi connectivity index (χ4v) is 5.17. The average molecular weight is 542 g/mol. The molecule has 39 heavy (non-hydrogen) atoms. The van der Waals surface area contributed by atoms with Crippen LogP contribution in [0.4, 0.5) is 11.4 Å². The third kappa shape index (κ3) is 5.51. The summed E-state index contributed by atoms with van der Waals surface area (Å²) >= 11 is 5.70. The first-order valence-electron chi connectivity index (χ1n) is 12.7. The van der Waals surface area contributed by atoms with E-state index >= 15 is 0 Å². The van der Waals surface area contributed by atoms with Crippen molar-refractivity contribution in [2.75, 3.05) is 11.9 Å². The maximum absolute atomic E-state index is 12.9. The summed E-state index contributed by atoms with van der Waals surface area (Å²) in [7, 11) is 0. The lowest BCUT2D eigenvalue weighted by Crippen LogP contribution is -2.32. The number of nitro groups is 1. The first kappa shape index (κ1) is 26.1. The Kier molecular flexibility index (Phi) is 7.64. The van der Waals surface area contributed by atoms with Crippen molar-refractivity contribution >= 4 is 34.6 Å². The van der Waals surface area contributed by atoms with Crippen molar-refractivity contribution in [3.63, 3.8) is 0 Å². The molecule has 1 aliphatic heterocycles. The van der Waals surface area contributed by atoms with Gasteiger partial charge >= 0.3 is 0 Å². The number of carbonyl (C=O) groups excluding carboxylic acids is 1. The predicted molar refractivity (Wildman–Crippen MR) is 152 cm³/mol. The Bertz CT molecular complexity index is 1510.